The lowest BCUT2D eigenvalue weighted by molar-refractivity contribution is 0.672. The van der Waals surface area contributed by atoms with Gasteiger partial charge in [0.25, 0.3) is 0 Å². The molecule has 0 spiro atoms. The first-order valence-electron chi connectivity index (χ1n) is 5.53. The van der Waals surface area contributed by atoms with Crippen molar-refractivity contribution in [2.24, 2.45) is 7.05 Å². The Kier molecular flexibility index (Phi) is 4.14. The lowest BCUT2D eigenvalue weighted by Crippen LogP contribution is -2.08. The number of rotatable bonds is 4. The highest BCUT2D eigenvalue weighted by Gasteiger charge is 2.16. The van der Waals surface area contributed by atoms with E-state index in [1.54, 1.807) is 10.9 Å². The number of hydrogen-bond acceptors (Lipinski definition) is 3. The second kappa shape index (κ2) is 5.63. The van der Waals surface area contributed by atoms with Gasteiger partial charge in [-0.1, -0.05) is 23.7 Å². The predicted octanol–water partition coefficient (Wildman–Crippen LogP) is 2.48. The van der Waals surface area contributed by atoms with Gasteiger partial charge in [-0.15, -0.1) is 10.2 Å². The van der Waals surface area contributed by atoms with E-state index in [0.717, 1.165) is 11.4 Å². The van der Waals surface area contributed by atoms with Crippen molar-refractivity contribution in [3.63, 3.8) is 0 Å². The summed E-state index contributed by atoms with van der Waals surface area (Å²) in [5.41, 5.74) is 1.01. The largest absolute Gasteiger partial charge is 0.320 e. The van der Waals surface area contributed by atoms with E-state index >= 15 is 0 Å². The fraction of sp³-hybridized carbons (Fsp3) is 0.333. The minimum absolute atomic E-state index is 0.0565. The average Bonchev–Trinajstić information content (AvgIpc) is 2.75. The monoisotopic (exact) mass is 283 g/mol. The standard InChI is InChI=1S/C12H14ClN3OS/c1-9(10-3-5-11(13)6-4-10)18(17)7-12-15-14-8-16(12)2/h3-6,8-9H,7H2,1-2H3/t9-,18+/m1/s1. The van der Waals surface area contributed by atoms with Crippen molar-refractivity contribution >= 4 is 22.4 Å². The Morgan fingerprint density at radius 2 is 2.06 bits per heavy atom. The normalized spacial score (nSPS) is 14.4. The zero-order valence-electron chi connectivity index (χ0n) is 10.2. The van der Waals surface area contributed by atoms with E-state index in [4.69, 9.17) is 11.6 Å². The minimum atomic E-state index is -1.03. The molecule has 1 heterocycles. The van der Waals surface area contributed by atoms with Crippen molar-refractivity contribution in [2.45, 2.75) is 17.9 Å². The van der Waals surface area contributed by atoms with Gasteiger partial charge in [-0.2, -0.15) is 0 Å². The van der Waals surface area contributed by atoms with Gasteiger partial charge in [0.05, 0.1) is 11.0 Å². The molecule has 0 aliphatic heterocycles. The third kappa shape index (κ3) is 2.97. The Hall–Kier alpha value is -1.20. The van der Waals surface area contributed by atoms with Crippen molar-refractivity contribution in [1.82, 2.24) is 14.8 Å². The van der Waals surface area contributed by atoms with Gasteiger partial charge < -0.3 is 4.57 Å². The molecule has 2 rings (SSSR count). The van der Waals surface area contributed by atoms with Crippen LogP contribution in [0.2, 0.25) is 5.02 Å². The van der Waals surface area contributed by atoms with Crippen LogP contribution in [0.3, 0.4) is 0 Å². The van der Waals surface area contributed by atoms with Gasteiger partial charge in [0.15, 0.2) is 0 Å². The zero-order chi connectivity index (χ0) is 13.1. The molecular formula is C12H14ClN3OS. The van der Waals surface area contributed by atoms with E-state index in [0.29, 0.717) is 10.8 Å². The van der Waals surface area contributed by atoms with Crippen molar-refractivity contribution in [1.29, 1.82) is 0 Å². The highest BCUT2D eigenvalue weighted by molar-refractivity contribution is 7.84. The summed E-state index contributed by atoms with van der Waals surface area (Å²) in [4.78, 5) is 0. The van der Waals surface area contributed by atoms with Crippen LogP contribution in [-0.2, 0) is 23.6 Å². The van der Waals surface area contributed by atoms with E-state index in [1.165, 1.54) is 0 Å². The Morgan fingerprint density at radius 1 is 1.39 bits per heavy atom. The molecule has 0 amide bonds. The highest BCUT2D eigenvalue weighted by Crippen LogP contribution is 2.22. The lowest BCUT2D eigenvalue weighted by Gasteiger charge is -2.11. The molecule has 0 unspecified atom stereocenters. The number of aromatic nitrogens is 3. The average molecular weight is 284 g/mol. The van der Waals surface area contributed by atoms with E-state index in [9.17, 15) is 4.21 Å². The Labute approximate surface area is 113 Å². The minimum Gasteiger partial charge on any atom is -0.320 e. The van der Waals surface area contributed by atoms with Gasteiger partial charge in [-0.3, -0.25) is 4.21 Å². The lowest BCUT2D eigenvalue weighted by atomic mass is 10.2. The molecule has 6 heteroatoms. The third-order valence-corrected chi connectivity index (χ3v) is 4.67. The van der Waals surface area contributed by atoms with Crippen LogP contribution in [0.4, 0.5) is 0 Å². The molecule has 2 atom stereocenters. The summed E-state index contributed by atoms with van der Waals surface area (Å²) in [7, 11) is 0.818. The van der Waals surface area contributed by atoms with E-state index in [1.807, 2.05) is 38.2 Å². The molecule has 1 aromatic heterocycles. The SMILES string of the molecule is C[C@H](c1ccc(Cl)cc1)[S@@](=O)Cc1nncn1C. The Balaban J connectivity index is 2.09. The number of aryl methyl sites for hydroxylation is 1. The smallest absolute Gasteiger partial charge is 0.145 e. The second-order valence-corrected chi connectivity index (χ2v) is 6.27. The summed E-state index contributed by atoms with van der Waals surface area (Å²) in [5.74, 6) is 1.13. The first kappa shape index (κ1) is 13.2. The second-order valence-electron chi connectivity index (χ2n) is 4.08. The van der Waals surface area contributed by atoms with E-state index < -0.39 is 10.8 Å². The molecular weight excluding hydrogens is 270 g/mol. The van der Waals surface area contributed by atoms with Crippen LogP contribution in [0.5, 0.6) is 0 Å². The number of hydrogen-bond donors (Lipinski definition) is 0. The summed E-state index contributed by atoms with van der Waals surface area (Å²) in [5, 5.41) is 8.35. The van der Waals surface area contributed by atoms with Gasteiger partial charge in [0, 0.05) is 22.9 Å². The molecule has 0 radical (unpaired) electrons. The van der Waals surface area contributed by atoms with Crippen molar-refractivity contribution < 1.29 is 4.21 Å². The van der Waals surface area contributed by atoms with Crippen LogP contribution in [0.25, 0.3) is 0 Å². The Morgan fingerprint density at radius 3 is 2.61 bits per heavy atom. The number of benzene rings is 1. The summed E-state index contributed by atoms with van der Waals surface area (Å²) in [6.45, 7) is 1.94. The molecule has 0 saturated heterocycles. The van der Waals surface area contributed by atoms with E-state index in [-0.39, 0.29) is 5.25 Å². The van der Waals surface area contributed by atoms with Crippen LogP contribution in [0.1, 0.15) is 23.6 Å². The molecule has 0 N–H and O–H groups in total. The summed E-state index contributed by atoms with van der Waals surface area (Å²) >= 11 is 5.83. The molecule has 18 heavy (non-hydrogen) atoms. The third-order valence-electron chi connectivity index (χ3n) is 2.81. The Bertz CT molecular complexity index is 553. The quantitative estimate of drug-likeness (QED) is 0.866. The molecule has 4 nitrogen and oxygen atoms in total. The maximum Gasteiger partial charge on any atom is 0.145 e. The van der Waals surface area contributed by atoms with Crippen LogP contribution in [0, 0.1) is 0 Å². The zero-order valence-corrected chi connectivity index (χ0v) is 11.8. The molecule has 1 aromatic carbocycles. The molecule has 0 bridgehead atoms. The van der Waals surface area contributed by atoms with Gasteiger partial charge in [0.2, 0.25) is 0 Å². The fourth-order valence-electron chi connectivity index (χ4n) is 1.58. The molecule has 2 aromatic rings. The van der Waals surface area contributed by atoms with Crippen molar-refractivity contribution in [2.75, 3.05) is 0 Å². The van der Waals surface area contributed by atoms with Gasteiger partial charge in [0.1, 0.15) is 12.2 Å². The number of nitrogens with zero attached hydrogens (tertiary/aromatic N) is 3. The van der Waals surface area contributed by atoms with Gasteiger partial charge in [-0.25, -0.2) is 0 Å². The van der Waals surface area contributed by atoms with Gasteiger partial charge in [-0.05, 0) is 24.6 Å². The highest BCUT2D eigenvalue weighted by atomic mass is 35.5. The molecule has 0 saturated carbocycles. The van der Waals surface area contributed by atoms with E-state index in [2.05, 4.69) is 10.2 Å². The van der Waals surface area contributed by atoms with Gasteiger partial charge >= 0.3 is 0 Å². The topological polar surface area (TPSA) is 47.8 Å². The molecule has 0 aliphatic carbocycles. The van der Waals surface area contributed by atoms with Crippen LogP contribution < -0.4 is 0 Å². The molecule has 96 valence electrons. The van der Waals surface area contributed by atoms with Crippen LogP contribution in [0.15, 0.2) is 30.6 Å². The molecule has 0 aliphatic rings. The number of halogens is 1. The van der Waals surface area contributed by atoms with Crippen molar-refractivity contribution in [3.05, 3.63) is 47.0 Å². The van der Waals surface area contributed by atoms with Crippen LogP contribution in [-0.4, -0.2) is 19.0 Å². The summed E-state index contributed by atoms with van der Waals surface area (Å²) < 4.78 is 14.0. The van der Waals surface area contributed by atoms with Crippen LogP contribution >= 0.6 is 11.6 Å². The summed E-state index contributed by atoms with van der Waals surface area (Å²) in [6, 6.07) is 7.43. The fourth-order valence-corrected chi connectivity index (χ4v) is 2.93. The predicted molar refractivity (Wildman–Crippen MR) is 72.7 cm³/mol. The first-order valence-corrected chi connectivity index (χ1v) is 7.29. The maximum atomic E-state index is 12.2. The van der Waals surface area contributed by atoms with Crippen molar-refractivity contribution in [3.8, 4) is 0 Å². The maximum absolute atomic E-state index is 12.2. The molecule has 0 fully saturated rings. The summed E-state index contributed by atoms with van der Waals surface area (Å²) in [6.07, 6.45) is 1.61. The first-order chi connectivity index (χ1) is 8.58.